The summed E-state index contributed by atoms with van der Waals surface area (Å²) < 4.78 is 18.8. The molecule has 3 N–H and O–H groups in total. The van der Waals surface area contributed by atoms with Gasteiger partial charge in [0.1, 0.15) is 16.9 Å². The van der Waals surface area contributed by atoms with Crippen LogP contribution in [0.3, 0.4) is 0 Å². The molecule has 1 saturated heterocycles. The number of carbonyl (C=O) groups excluding carboxylic acids is 1. The highest BCUT2D eigenvalue weighted by atomic mass is 16.7. The van der Waals surface area contributed by atoms with E-state index in [1.165, 1.54) is 11.6 Å². The molecule has 0 spiro atoms. The van der Waals surface area contributed by atoms with E-state index in [1.54, 1.807) is 26.8 Å². The first kappa shape index (κ1) is 23.8. The minimum Gasteiger partial charge on any atom is -0.444 e. The Morgan fingerprint density at radius 2 is 1.78 bits per heavy atom. The summed E-state index contributed by atoms with van der Waals surface area (Å²) >= 11 is 0. The van der Waals surface area contributed by atoms with Gasteiger partial charge in [0.25, 0.3) is 5.56 Å². The number of amides is 1. The predicted molar refractivity (Wildman–Crippen MR) is 120 cm³/mol. The summed E-state index contributed by atoms with van der Waals surface area (Å²) in [5, 5.41) is 2.70. The van der Waals surface area contributed by atoms with E-state index in [1.807, 2.05) is 27.7 Å². The van der Waals surface area contributed by atoms with Gasteiger partial charge in [-0.05, 0) is 60.0 Å². The van der Waals surface area contributed by atoms with Crippen LogP contribution < -0.4 is 16.6 Å². The largest absolute Gasteiger partial charge is 0.492 e. The van der Waals surface area contributed by atoms with E-state index in [2.05, 4.69) is 20.3 Å². The Bertz CT molecular complexity index is 1170. The van der Waals surface area contributed by atoms with Crippen molar-refractivity contribution in [2.75, 3.05) is 6.54 Å². The van der Waals surface area contributed by atoms with Crippen molar-refractivity contribution < 1.29 is 18.8 Å². The molecular formula is C20H30BN5O6. The number of nitrogens with zero attached hydrogens (tertiary/aromatic N) is 2. The molecule has 0 aromatic carbocycles. The molecule has 1 fully saturated rings. The minimum atomic E-state index is -0.773. The number of fused-ring (bicyclic) bond motifs is 1. The lowest BCUT2D eigenvalue weighted by molar-refractivity contribution is 0.00578. The maximum atomic E-state index is 12.2. The summed E-state index contributed by atoms with van der Waals surface area (Å²) in [4.78, 5) is 45.7. The molecule has 0 aliphatic carbocycles. The van der Waals surface area contributed by atoms with Gasteiger partial charge in [0.05, 0.1) is 11.2 Å². The number of rotatable bonds is 4. The van der Waals surface area contributed by atoms with Gasteiger partial charge in [0.15, 0.2) is 5.65 Å². The van der Waals surface area contributed by atoms with Crippen molar-refractivity contribution >= 4 is 30.5 Å². The Hall–Kier alpha value is -2.86. The van der Waals surface area contributed by atoms with Crippen LogP contribution in [0, 0.1) is 0 Å². The second kappa shape index (κ2) is 7.93. The van der Waals surface area contributed by atoms with E-state index in [0.717, 1.165) is 0 Å². The molecule has 2 aromatic rings. The third-order valence-corrected chi connectivity index (χ3v) is 5.49. The van der Waals surface area contributed by atoms with Gasteiger partial charge < -0.3 is 24.3 Å². The van der Waals surface area contributed by atoms with Crippen molar-refractivity contribution in [1.29, 1.82) is 0 Å². The number of aryl methyl sites for hydroxylation is 1. The van der Waals surface area contributed by atoms with Crippen LogP contribution in [0.2, 0.25) is 0 Å². The molecule has 2 aromatic heterocycles. The van der Waals surface area contributed by atoms with E-state index in [4.69, 9.17) is 14.0 Å². The van der Waals surface area contributed by atoms with Crippen molar-refractivity contribution in [1.82, 2.24) is 24.8 Å². The molecule has 3 rings (SSSR count). The number of nitrogens with one attached hydrogen (secondary N) is 3. The first-order chi connectivity index (χ1) is 14.6. The van der Waals surface area contributed by atoms with Gasteiger partial charge in [-0.15, -0.1) is 0 Å². The fraction of sp³-hybridized carbons (Fsp3) is 0.600. The van der Waals surface area contributed by atoms with Crippen LogP contribution in [0.5, 0.6) is 0 Å². The molecule has 0 bridgehead atoms. The van der Waals surface area contributed by atoms with Gasteiger partial charge in [-0.1, -0.05) is 0 Å². The summed E-state index contributed by atoms with van der Waals surface area (Å²) in [5.74, 6) is 0.308. The quantitative estimate of drug-likeness (QED) is 0.603. The highest BCUT2D eigenvalue weighted by molar-refractivity contribution is 6.56. The first-order valence-electron chi connectivity index (χ1n) is 10.3. The summed E-state index contributed by atoms with van der Waals surface area (Å²) in [6.45, 7) is 13.0. The molecule has 174 valence electrons. The van der Waals surface area contributed by atoms with Crippen LogP contribution in [0.15, 0.2) is 15.1 Å². The summed E-state index contributed by atoms with van der Waals surface area (Å²) in [6.07, 6.45) is 1.03. The predicted octanol–water partition coefficient (Wildman–Crippen LogP) is 1.49. The summed E-state index contributed by atoms with van der Waals surface area (Å²) in [7, 11) is 0.735. The number of ether oxygens (including phenoxy) is 1. The van der Waals surface area contributed by atoms with Crippen LogP contribution in [0.4, 0.5) is 4.79 Å². The molecule has 0 unspecified atom stereocenters. The number of alkyl carbamates (subject to hydrolysis) is 1. The molecule has 1 amide bonds. The number of hydrogen-bond donors (Lipinski definition) is 3. The van der Waals surface area contributed by atoms with Crippen LogP contribution in [-0.4, -0.2) is 56.1 Å². The zero-order valence-electron chi connectivity index (χ0n) is 19.7. The first-order valence-corrected chi connectivity index (χ1v) is 10.3. The lowest BCUT2D eigenvalue weighted by Crippen LogP contribution is -2.41. The SMILES string of the molecule is Cn1c(=O)[nH]c(=O)c2[nH]c(C=C(CNC(=O)OC(C)(C)C)B3OC(C)(C)C(C)(C)O3)nc21. The van der Waals surface area contributed by atoms with Gasteiger partial charge in [-0.2, -0.15) is 0 Å². The molecule has 1 aliphatic rings. The Balaban J connectivity index is 1.98. The van der Waals surface area contributed by atoms with Crippen LogP contribution in [0.25, 0.3) is 17.2 Å². The highest BCUT2D eigenvalue weighted by Gasteiger charge is 2.52. The van der Waals surface area contributed by atoms with Gasteiger partial charge >= 0.3 is 18.9 Å². The van der Waals surface area contributed by atoms with Gasteiger partial charge in [0.2, 0.25) is 0 Å². The van der Waals surface area contributed by atoms with E-state index in [9.17, 15) is 14.4 Å². The van der Waals surface area contributed by atoms with Crippen molar-refractivity contribution in [3.63, 3.8) is 0 Å². The Morgan fingerprint density at radius 1 is 1.19 bits per heavy atom. The minimum absolute atomic E-state index is 0.0536. The smallest absolute Gasteiger partial charge is 0.444 e. The topological polar surface area (TPSA) is 140 Å². The Morgan fingerprint density at radius 3 is 2.34 bits per heavy atom. The molecule has 32 heavy (non-hydrogen) atoms. The second-order valence-corrected chi connectivity index (χ2v) is 9.80. The average molecular weight is 447 g/mol. The normalized spacial score (nSPS) is 18.2. The van der Waals surface area contributed by atoms with Crippen LogP contribution >= 0.6 is 0 Å². The lowest BCUT2D eigenvalue weighted by Gasteiger charge is -2.32. The zero-order valence-corrected chi connectivity index (χ0v) is 19.7. The Kier molecular flexibility index (Phi) is 5.90. The number of imidazole rings is 1. The van der Waals surface area contributed by atoms with E-state index < -0.39 is 41.3 Å². The third-order valence-electron chi connectivity index (χ3n) is 5.49. The Labute approximate surface area is 185 Å². The number of aromatic amines is 2. The number of hydrogen-bond acceptors (Lipinski definition) is 7. The zero-order chi connectivity index (χ0) is 24.1. The average Bonchev–Trinajstić information content (AvgIpc) is 3.14. The molecule has 11 nitrogen and oxygen atoms in total. The maximum absolute atomic E-state index is 12.2. The molecule has 1 aliphatic heterocycles. The number of H-pyrrole nitrogens is 2. The second-order valence-electron chi connectivity index (χ2n) is 9.80. The monoisotopic (exact) mass is 447 g/mol. The number of aromatic nitrogens is 4. The standard InChI is InChI=1S/C20H30BN5O6/c1-18(2,3)30-17(29)22-10-11(21-31-19(4,5)20(6,7)32-21)9-12-23-13-14(24-12)26(8)16(28)25-15(13)27/h9H,10H2,1-8H3,(H,22,29)(H,23,24)(H,25,27,28). The maximum Gasteiger partial charge on any atom is 0.492 e. The van der Waals surface area contributed by atoms with E-state index >= 15 is 0 Å². The van der Waals surface area contributed by atoms with Gasteiger partial charge in [-0.25, -0.2) is 14.6 Å². The highest BCUT2D eigenvalue weighted by Crippen LogP contribution is 2.38. The van der Waals surface area contributed by atoms with Crippen molar-refractivity contribution in [3.8, 4) is 0 Å². The van der Waals surface area contributed by atoms with Crippen molar-refractivity contribution in [3.05, 3.63) is 32.1 Å². The fourth-order valence-electron chi connectivity index (χ4n) is 3.05. The van der Waals surface area contributed by atoms with Crippen LogP contribution in [-0.2, 0) is 21.1 Å². The van der Waals surface area contributed by atoms with Crippen LogP contribution in [0.1, 0.15) is 54.3 Å². The molecule has 0 radical (unpaired) electrons. The van der Waals surface area contributed by atoms with E-state index in [-0.39, 0.29) is 17.7 Å². The van der Waals surface area contributed by atoms with Crippen molar-refractivity contribution in [2.45, 2.75) is 65.3 Å². The summed E-state index contributed by atoms with van der Waals surface area (Å²) in [5.41, 5.74) is -2.07. The lowest BCUT2D eigenvalue weighted by atomic mass is 9.77. The number of carbonyl (C=O) groups is 1. The molecular weight excluding hydrogens is 417 g/mol. The van der Waals surface area contributed by atoms with Gasteiger partial charge in [0, 0.05) is 13.6 Å². The molecule has 0 atom stereocenters. The fourth-order valence-corrected chi connectivity index (χ4v) is 3.05. The molecule has 0 saturated carbocycles. The summed E-state index contributed by atoms with van der Waals surface area (Å²) in [6, 6.07) is 0. The van der Waals surface area contributed by atoms with Crippen molar-refractivity contribution in [2.24, 2.45) is 7.05 Å². The van der Waals surface area contributed by atoms with Gasteiger partial charge in [-0.3, -0.25) is 14.3 Å². The molecule has 3 heterocycles. The third kappa shape index (κ3) is 4.80. The molecule has 12 heteroatoms. The van der Waals surface area contributed by atoms with E-state index in [0.29, 0.717) is 11.3 Å².